The second-order valence-electron chi connectivity index (χ2n) is 2.55. The van der Waals surface area contributed by atoms with Crippen LogP contribution in [0.5, 0.6) is 0 Å². The SMILES string of the molecule is CC(NC(=O)O)(C(F)(F)F)C(F)(F)F. The molecule has 0 aromatic rings. The van der Waals surface area contributed by atoms with Gasteiger partial charge in [-0.05, 0) is 6.92 Å². The van der Waals surface area contributed by atoms with Crippen LogP contribution in [0.25, 0.3) is 0 Å². The molecule has 2 N–H and O–H groups in total. The zero-order valence-electron chi connectivity index (χ0n) is 6.62. The third kappa shape index (κ3) is 2.20. The van der Waals surface area contributed by atoms with E-state index in [-0.39, 0.29) is 6.92 Å². The van der Waals surface area contributed by atoms with Crippen LogP contribution in [0.15, 0.2) is 0 Å². The molecule has 0 aliphatic rings. The summed E-state index contributed by atoms with van der Waals surface area (Å²) in [5.41, 5.74) is -4.45. The van der Waals surface area contributed by atoms with E-state index in [0.29, 0.717) is 5.32 Å². The van der Waals surface area contributed by atoms with E-state index in [1.54, 1.807) is 0 Å². The summed E-state index contributed by atoms with van der Waals surface area (Å²) in [4.78, 5) is 9.80. The number of carbonyl (C=O) groups is 1. The Bertz CT molecular complexity index is 217. The van der Waals surface area contributed by atoms with Crippen LogP contribution < -0.4 is 5.32 Å². The minimum Gasteiger partial charge on any atom is -0.465 e. The first kappa shape index (κ1) is 12.8. The summed E-state index contributed by atoms with van der Waals surface area (Å²) < 4.78 is 71.5. The minimum atomic E-state index is -5.75. The van der Waals surface area contributed by atoms with Crippen LogP contribution in [0.1, 0.15) is 6.92 Å². The molecule has 9 heteroatoms. The summed E-state index contributed by atoms with van der Waals surface area (Å²) in [7, 11) is 0. The Labute approximate surface area is 73.7 Å². The summed E-state index contributed by atoms with van der Waals surface area (Å²) in [5.74, 6) is 0. The molecule has 0 unspecified atom stereocenters. The van der Waals surface area contributed by atoms with Crippen molar-refractivity contribution in [1.82, 2.24) is 5.32 Å². The molecule has 0 aromatic carbocycles. The van der Waals surface area contributed by atoms with Gasteiger partial charge in [0, 0.05) is 0 Å². The highest BCUT2D eigenvalue weighted by molar-refractivity contribution is 5.66. The average Bonchev–Trinajstić information content (AvgIpc) is 1.79. The summed E-state index contributed by atoms with van der Waals surface area (Å²) in [6.07, 6.45) is -13.9. The Balaban J connectivity index is 5.18. The summed E-state index contributed by atoms with van der Waals surface area (Å²) in [6.45, 7) is -0.291. The van der Waals surface area contributed by atoms with Gasteiger partial charge in [0.05, 0.1) is 0 Å². The molecule has 14 heavy (non-hydrogen) atoms. The Morgan fingerprint density at radius 3 is 1.43 bits per heavy atom. The van der Waals surface area contributed by atoms with Crippen LogP contribution >= 0.6 is 0 Å². The predicted octanol–water partition coefficient (Wildman–Crippen LogP) is 2.14. The van der Waals surface area contributed by atoms with Crippen LogP contribution in [0.3, 0.4) is 0 Å². The zero-order chi connectivity index (χ0) is 11.8. The fraction of sp³-hybridized carbons (Fsp3) is 0.800. The van der Waals surface area contributed by atoms with Gasteiger partial charge in [0.1, 0.15) is 0 Å². The van der Waals surface area contributed by atoms with Crippen LogP contribution in [-0.4, -0.2) is 29.1 Å². The number of hydrogen-bond acceptors (Lipinski definition) is 1. The summed E-state index contributed by atoms with van der Waals surface area (Å²) in [6, 6.07) is 0. The lowest BCUT2D eigenvalue weighted by molar-refractivity contribution is -0.298. The third-order valence-electron chi connectivity index (χ3n) is 1.49. The van der Waals surface area contributed by atoms with Gasteiger partial charge in [-0.25, -0.2) is 4.79 Å². The largest absolute Gasteiger partial charge is 0.465 e. The molecular weight excluding hydrogens is 220 g/mol. The van der Waals surface area contributed by atoms with Crippen molar-refractivity contribution in [2.75, 3.05) is 0 Å². The van der Waals surface area contributed by atoms with Gasteiger partial charge in [0.15, 0.2) is 0 Å². The molecule has 0 radical (unpaired) electrons. The number of hydrogen-bond donors (Lipinski definition) is 2. The maximum absolute atomic E-state index is 11.9. The van der Waals surface area contributed by atoms with E-state index in [0.717, 1.165) is 0 Å². The van der Waals surface area contributed by atoms with Gasteiger partial charge >= 0.3 is 18.4 Å². The van der Waals surface area contributed by atoms with E-state index in [1.807, 2.05) is 0 Å². The molecule has 3 nitrogen and oxygen atoms in total. The molecule has 0 saturated carbocycles. The second-order valence-corrected chi connectivity index (χ2v) is 2.55. The molecule has 0 atom stereocenters. The van der Waals surface area contributed by atoms with Crippen molar-refractivity contribution in [3.05, 3.63) is 0 Å². The first-order valence-corrected chi connectivity index (χ1v) is 3.06. The maximum Gasteiger partial charge on any atom is 0.420 e. The van der Waals surface area contributed by atoms with Crippen LogP contribution in [-0.2, 0) is 0 Å². The Kier molecular flexibility index (Phi) is 2.95. The summed E-state index contributed by atoms with van der Waals surface area (Å²) in [5, 5.41) is 8.27. The minimum absolute atomic E-state index is 0.291. The van der Waals surface area contributed by atoms with Crippen molar-refractivity contribution in [1.29, 1.82) is 0 Å². The molecule has 84 valence electrons. The van der Waals surface area contributed by atoms with E-state index >= 15 is 0 Å². The molecular formula is C5H5F6NO2. The number of alkyl halides is 6. The van der Waals surface area contributed by atoms with Gasteiger partial charge in [0.25, 0.3) is 0 Å². The topological polar surface area (TPSA) is 49.3 Å². The van der Waals surface area contributed by atoms with E-state index in [9.17, 15) is 31.1 Å². The van der Waals surface area contributed by atoms with Crippen molar-refractivity contribution >= 4 is 6.09 Å². The molecule has 0 saturated heterocycles. The molecule has 0 heterocycles. The van der Waals surface area contributed by atoms with Crippen molar-refractivity contribution < 1.29 is 36.2 Å². The standard InChI is InChI=1S/C5H5F6NO2/c1-3(4(6,7)8,5(9,10)11)12-2(13)14/h12H,1H3,(H,13,14). The molecule has 0 fully saturated rings. The van der Waals surface area contributed by atoms with Gasteiger partial charge in [0.2, 0.25) is 5.54 Å². The lowest BCUT2D eigenvalue weighted by Gasteiger charge is -2.33. The Hall–Kier alpha value is -1.15. The summed E-state index contributed by atoms with van der Waals surface area (Å²) >= 11 is 0. The van der Waals surface area contributed by atoms with E-state index in [4.69, 9.17) is 5.11 Å². The van der Waals surface area contributed by atoms with E-state index in [1.165, 1.54) is 0 Å². The molecule has 0 rings (SSSR count). The molecule has 1 amide bonds. The predicted molar refractivity (Wildman–Crippen MR) is 31.7 cm³/mol. The van der Waals surface area contributed by atoms with Crippen LogP contribution in [0.2, 0.25) is 0 Å². The van der Waals surface area contributed by atoms with Crippen molar-refractivity contribution in [3.8, 4) is 0 Å². The number of halogens is 6. The van der Waals surface area contributed by atoms with Crippen molar-refractivity contribution in [3.63, 3.8) is 0 Å². The monoisotopic (exact) mass is 225 g/mol. The highest BCUT2D eigenvalue weighted by Gasteiger charge is 2.68. The van der Waals surface area contributed by atoms with Gasteiger partial charge < -0.3 is 5.11 Å². The molecule has 0 spiro atoms. The van der Waals surface area contributed by atoms with Crippen molar-refractivity contribution in [2.24, 2.45) is 0 Å². The van der Waals surface area contributed by atoms with Gasteiger partial charge in [-0.2, -0.15) is 26.3 Å². The highest BCUT2D eigenvalue weighted by Crippen LogP contribution is 2.42. The quantitative estimate of drug-likeness (QED) is 0.671. The number of nitrogens with one attached hydrogen (secondary N) is 1. The smallest absolute Gasteiger partial charge is 0.420 e. The second kappa shape index (κ2) is 3.21. The maximum atomic E-state index is 11.9. The van der Waals surface area contributed by atoms with Crippen LogP contribution in [0.4, 0.5) is 31.1 Å². The number of carboxylic acid groups (broad SMARTS) is 1. The van der Waals surface area contributed by atoms with Gasteiger partial charge in [-0.3, -0.25) is 5.32 Å². The first-order valence-electron chi connectivity index (χ1n) is 3.06. The lowest BCUT2D eigenvalue weighted by Crippen LogP contribution is -2.65. The molecule has 0 aliphatic carbocycles. The van der Waals surface area contributed by atoms with E-state index in [2.05, 4.69) is 0 Å². The van der Waals surface area contributed by atoms with E-state index < -0.39 is 24.0 Å². The molecule has 0 bridgehead atoms. The normalized spacial score (nSPS) is 13.9. The lowest BCUT2D eigenvalue weighted by atomic mass is 10.0. The molecule has 0 aromatic heterocycles. The zero-order valence-corrected chi connectivity index (χ0v) is 6.62. The Morgan fingerprint density at radius 2 is 1.36 bits per heavy atom. The average molecular weight is 225 g/mol. The third-order valence-corrected chi connectivity index (χ3v) is 1.49. The van der Waals surface area contributed by atoms with Gasteiger partial charge in [-0.1, -0.05) is 0 Å². The first-order chi connectivity index (χ1) is 5.92. The number of amides is 1. The van der Waals surface area contributed by atoms with Crippen LogP contribution in [0, 0.1) is 0 Å². The fourth-order valence-corrected chi connectivity index (χ4v) is 0.516. The fourth-order valence-electron chi connectivity index (χ4n) is 0.516. The van der Waals surface area contributed by atoms with Crippen molar-refractivity contribution in [2.45, 2.75) is 24.8 Å². The number of rotatable bonds is 1. The highest BCUT2D eigenvalue weighted by atomic mass is 19.4. The Morgan fingerprint density at radius 1 is 1.07 bits per heavy atom. The van der Waals surface area contributed by atoms with Gasteiger partial charge in [-0.15, -0.1) is 0 Å². The molecule has 0 aliphatic heterocycles.